The van der Waals surface area contributed by atoms with Gasteiger partial charge in [-0.3, -0.25) is 14.0 Å². The maximum atomic E-state index is 12.8. The molecule has 2 N–H and O–H groups in total. The molecular weight excluding hydrogens is 352 g/mol. The average Bonchev–Trinajstić information content (AvgIpc) is 3.01. The number of aromatic nitrogens is 2. The second-order valence-corrected chi connectivity index (χ2v) is 8.17. The molecule has 0 saturated carbocycles. The molecule has 0 fully saturated rings. The lowest BCUT2D eigenvalue weighted by atomic mass is 10.0. The van der Waals surface area contributed by atoms with Crippen LogP contribution in [0.25, 0.3) is 5.52 Å². The van der Waals surface area contributed by atoms with Crippen LogP contribution in [-0.4, -0.2) is 26.7 Å². The second-order valence-electron chi connectivity index (χ2n) is 8.17. The van der Waals surface area contributed by atoms with E-state index in [1.807, 2.05) is 51.1 Å². The fourth-order valence-corrected chi connectivity index (χ4v) is 2.90. The van der Waals surface area contributed by atoms with Crippen LogP contribution in [0, 0.1) is 0 Å². The number of carbonyl (C=O) groups is 2. The summed E-state index contributed by atoms with van der Waals surface area (Å²) in [5.74, 6) is -0.0682. The second kappa shape index (κ2) is 7.46. The van der Waals surface area contributed by atoms with Gasteiger partial charge in [-0.2, -0.15) is 0 Å². The number of amides is 2. The zero-order valence-corrected chi connectivity index (χ0v) is 16.9. The third-order valence-electron chi connectivity index (χ3n) is 4.29. The molecule has 0 unspecified atom stereocenters. The van der Waals surface area contributed by atoms with E-state index < -0.39 is 5.54 Å². The van der Waals surface area contributed by atoms with Crippen molar-refractivity contribution in [3.8, 4) is 0 Å². The predicted molar refractivity (Wildman–Crippen MR) is 111 cm³/mol. The van der Waals surface area contributed by atoms with Crippen molar-refractivity contribution in [1.82, 2.24) is 14.7 Å². The molecular formula is C22H26N4O2. The quantitative estimate of drug-likeness (QED) is 0.713. The van der Waals surface area contributed by atoms with Gasteiger partial charge >= 0.3 is 0 Å². The van der Waals surface area contributed by atoms with E-state index in [1.165, 1.54) is 5.56 Å². The number of rotatable bonds is 4. The first-order chi connectivity index (χ1) is 13.2. The molecule has 0 aliphatic carbocycles. The lowest BCUT2D eigenvalue weighted by Gasteiger charge is -2.19. The summed E-state index contributed by atoms with van der Waals surface area (Å²) in [5, 5.41) is 5.76. The monoisotopic (exact) mass is 378 g/mol. The SMILES string of the molecule is CC(C)c1ccc(NC(=O)c2nc(C(=O)NC(C)(C)C)n3ccccc23)cc1. The molecule has 0 aliphatic rings. The fraction of sp³-hybridized carbons (Fsp3) is 0.318. The fourth-order valence-electron chi connectivity index (χ4n) is 2.90. The molecule has 3 aromatic rings. The first-order valence-corrected chi connectivity index (χ1v) is 9.36. The molecule has 1 aromatic carbocycles. The summed E-state index contributed by atoms with van der Waals surface area (Å²) in [6, 6.07) is 13.1. The number of anilines is 1. The summed E-state index contributed by atoms with van der Waals surface area (Å²) in [7, 11) is 0. The Kier molecular flexibility index (Phi) is 5.23. The lowest BCUT2D eigenvalue weighted by molar-refractivity contribution is 0.0908. The minimum absolute atomic E-state index is 0.186. The Morgan fingerprint density at radius 1 is 1.00 bits per heavy atom. The smallest absolute Gasteiger partial charge is 0.288 e. The van der Waals surface area contributed by atoms with E-state index in [4.69, 9.17) is 0 Å². The van der Waals surface area contributed by atoms with Gasteiger partial charge < -0.3 is 10.6 Å². The third-order valence-corrected chi connectivity index (χ3v) is 4.29. The van der Waals surface area contributed by atoms with E-state index >= 15 is 0 Å². The van der Waals surface area contributed by atoms with Crippen LogP contribution in [0.1, 0.15) is 67.2 Å². The molecule has 0 spiro atoms. The molecule has 2 amide bonds. The largest absolute Gasteiger partial charge is 0.345 e. The molecule has 3 rings (SSSR count). The van der Waals surface area contributed by atoms with E-state index in [2.05, 4.69) is 29.5 Å². The molecule has 2 aromatic heterocycles. The highest BCUT2D eigenvalue weighted by Gasteiger charge is 2.24. The Balaban J connectivity index is 1.92. The Labute approximate surface area is 165 Å². The molecule has 0 bridgehead atoms. The number of nitrogens with zero attached hydrogens (tertiary/aromatic N) is 2. The van der Waals surface area contributed by atoms with Crippen molar-refractivity contribution in [1.29, 1.82) is 0 Å². The van der Waals surface area contributed by atoms with Crippen molar-refractivity contribution < 1.29 is 9.59 Å². The van der Waals surface area contributed by atoms with Gasteiger partial charge in [-0.05, 0) is 56.5 Å². The van der Waals surface area contributed by atoms with Crippen LogP contribution in [0.3, 0.4) is 0 Å². The lowest BCUT2D eigenvalue weighted by Crippen LogP contribution is -2.41. The molecule has 6 nitrogen and oxygen atoms in total. The highest BCUT2D eigenvalue weighted by molar-refractivity contribution is 6.09. The topological polar surface area (TPSA) is 75.5 Å². The molecule has 28 heavy (non-hydrogen) atoms. The van der Waals surface area contributed by atoms with Gasteiger partial charge in [0.2, 0.25) is 5.82 Å². The Hall–Kier alpha value is -3.15. The minimum atomic E-state index is -0.404. The zero-order chi connectivity index (χ0) is 20.5. The first kappa shape index (κ1) is 19.6. The maximum absolute atomic E-state index is 12.8. The Bertz CT molecular complexity index is 1010. The van der Waals surface area contributed by atoms with Crippen LogP contribution >= 0.6 is 0 Å². The van der Waals surface area contributed by atoms with Crippen LogP contribution in [0.15, 0.2) is 48.7 Å². The van der Waals surface area contributed by atoms with E-state index in [0.717, 1.165) is 0 Å². The number of hydrogen-bond acceptors (Lipinski definition) is 3. The number of carbonyl (C=O) groups excluding carboxylic acids is 2. The van der Waals surface area contributed by atoms with Crippen molar-refractivity contribution in [2.45, 2.75) is 46.1 Å². The Morgan fingerprint density at radius 3 is 2.29 bits per heavy atom. The highest BCUT2D eigenvalue weighted by atomic mass is 16.2. The van der Waals surface area contributed by atoms with Gasteiger partial charge in [0.1, 0.15) is 0 Å². The van der Waals surface area contributed by atoms with Gasteiger partial charge in [-0.15, -0.1) is 0 Å². The van der Waals surface area contributed by atoms with Crippen LogP contribution in [0.4, 0.5) is 5.69 Å². The molecule has 0 saturated heterocycles. The van der Waals surface area contributed by atoms with Crippen LogP contribution < -0.4 is 10.6 Å². The summed E-state index contributed by atoms with van der Waals surface area (Å²) in [4.78, 5) is 29.8. The van der Waals surface area contributed by atoms with Crippen LogP contribution in [-0.2, 0) is 0 Å². The van der Waals surface area contributed by atoms with Crippen LogP contribution in [0.2, 0.25) is 0 Å². The molecule has 6 heteroatoms. The van der Waals surface area contributed by atoms with Crippen molar-refractivity contribution in [3.63, 3.8) is 0 Å². The number of imidazole rings is 1. The van der Waals surface area contributed by atoms with E-state index in [1.54, 1.807) is 22.7 Å². The van der Waals surface area contributed by atoms with Gasteiger partial charge in [0, 0.05) is 17.4 Å². The van der Waals surface area contributed by atoms with Crippen molar-refractivity contribution in [2.24, 2.45) is 0 Å². The summed E-state index contributed by atoms with van der Waals surface area (Å²) in [6.45, 7) is 9.93. The van der Waals surface area contributed by atoms with Crippen molar-refractivity contribution in [3.05, 3.63) is 65.7 Å². The van der Waals surface area contributed by atoms with Gasteiger partial charge in [-0.1, -0.05) is 32.0 Å². The van der Waals surface area contributed by atoms with Crippen LogP contribution in [0.5, 0.6) is 0 Å². The number of hydrogen-bond donors (Lipinski definition) is 2. The van der Waals surface area contributed by atoms with E-state index in [-0.39, 0.29) is 23.3 Å². The molecule has 146 valence electrons. The summed E-state index contributed by atoms with van der Waals surface area (Å²) in [6.07, 6.45) is 1.73. The van der Waals surface area contributed by atoms with Crippen molar-refractivity contribution >= 4 is 23.0 Å². The summed E-state index contributed by atoms with van der Waals surface area (Å²) < 4.78 is 1.64. The minimum Gasteiger partial charge on any atom is -0.345 e. The normalized spacial score (nSPS) is 11.6. The molecule has 0 radical (unpaired) electrons. The van der Waals surface area contributed by atoms with Gasteiger partial charge in [0.15, 0.2) is 5.69 Å². The predicted octanol–water partition coefficient (Wildman–Crippen LogP) is 4.24. The summed E-state index contributed by atoms with van der Waals surface area (Å²) >= 11 is 0. The molecule has 0 atom stereocenters. The maximum Gasteiger partial charge on any atom is 0.288 e. The molecule has 0 aliphatic heterocycles. The van der Waals surface area contributed by atoms with Gasteiger partial charge in [-0.25, -0.2) is 4.98 Å². The average molecular weight is 378 g/mol. The number of nitrogens with one attached hydrogen (secondary N) is 2. The first-order valence-electron chi connectivity index (χ1n) is 9.36. The highest BCUT2D eigenvalue weighted by Crippen LogP contribution is 2.19. The Morgan fingerprint density at radius 2 is 1.68 bits per heavy atom. The number of benzene rings is 1. The molecule has 2 heterocycles. The standard InChI is InChI=1S/C22H26N4O2/c1-14(2)15-9-11-16(12-10-15)23-20(27)18-17-8-6-7-13-26(17)19(24-18)21(28)25-22(3,4)5/h6-14H,1-5H3,(H,23,27)(H,25,28). The third kappa shape index (κ3) is 4.22. The van der Waals surface area contributed by atoms with E-state index in [0.29, 0.717) is 17.1 Å². The summed E-state index contributed by atoms with van der Waals surface area (Å²) in [5.41, 5.74) is 2.28. The zero-order valence-electron chi connectivity index (χ0n) is 16.9. The number of fused-ring (bicyclic) bond motifs is 1. The van der Waals surface area contributed by atoms with E-state index in [9.17, 15) is 9.59 Å². The van der Waals surface area contributed by atoms with Gasteiger partial charge in [0.05, 0.1) is 5.52 Å². The number of pyridine rings is 1. The van der Waals surface area contributed by atoms with Gasteiger partial charge in [0.25, 0.3) is 11.8 Å². The van der Waals surface area contributed by atoms with Crippen molar-refractivity contribution in [2.75, 3.05) is 5.32 Å².